The summed E-state index contributed by atoms with van der Waals surface area (Å²) in [4.78, 5) is 12.4. The van der Waals surface area contributed by atoms with E-state index >= 15 is 0 Å². The molecule has 6 nitrogen and oxygen atoms in total. The van der Waals surface area contributed by atoms with Gasteiger partial charge in [-0.15, -0.1) is 0 Å². The van der Waals surface area contributed by atoms with E-state index in [1.807, 2.05) is 0 Å². The summed E-state index contributed by atoms with van der Waals surface area (Å²) in [5.41, 5.74) is 34.7. The minimum atomic E-state index is -0.176. The van der Waals surface area contributed by atoms with E-state index in [1.165, 1.54) is 77.6 Å². The molecule has 0 saturated heterocycles. The Labute approximate surface area is 524 Å². The second-order valence-electron chi connectivity index (χ2n) is 25.3. The van der Waals surface area contributed by atoms with E-state index in [0.29, 0.717) is 0 Å². The van der Waals surface area contributed by atoms with Gasteiger partial charge in [-0.05, 0) is 210 Å². The lowest BCUT2D eigenvalue weighted by atomic mass is 9.30. The molecule has 4 aliphatic rings. The van der Waals surface area contributed by atoms with Gasteiger partial charge in [0, 0.05) is 86.1 Å². The number of aryl methyl sites for hydroxylation is 9. The molecule has 0 aliphatic carbocycles. The molecule has 0 bridgehead atoms. The quantitative estimate of drug-likeness (QED) is 0.134. The molecule has 12 aromatic rings. The van der Waals surface area contributed by atoms with E-state index in [2.05, 4.69) is 329 Å². The smallest absolute Gasteiger partial charge is 0.256 e. The van der Waals surface area contributed by atoms with Crippen molar-refractivity contribution in [3.8, 4) is 11.5 Å². The first-order valence-electron chi connectivity index (χ1n) is 31.2. The van der Waals surface area contributed by atoms with Gasteiger partial charge in [0.1, 0.15) is 11.5 Å². The number of fused-ring (bicyclic) bond motifs is 8. The molecule has 0 unspecified atom stereocenters. The van der Waals surface area contributed by atoms with Gasteiger partial charge in [0.2, 0.25) is 0 Å². The Morgan fingerprint density at radius 1 is 0.236 bits per heavy atom. The summed E-state index contributed by atoms with van der Waals surface area (Å²) >= 11 is 0. The molecule has 0 aromatic heterocycles. The van der Waals surface area contributed by atoms with Crippen LogP contribution in [-0.4, -0.2) is 13.4 Å². The maximum Gasteiger partial charge on any atom is 0.256 e. The van der Waals surface area contributed by atoms with Crippen molar-refractivity contribution in [2.45, 2.75) is 62.3 Å². The Bertz CT molecular complexity index is 4700. The molecule has 0 fully saturated rings. The lowest BCUT2D eigenvalue weighted by molar-refractivity contribution is 0.488. The van der Waals surface area contributed by atoms with Gasteiger partial charge >= 0.3 is 0 Å². The van der Waals surface area contributed by atoms with Crippen LogP contribution < -0.4 is 62.0 Å². The highest BCUT2D eigenvalue weighted by Gasteiger charge is 2.48. The van der Waals surface area contributed by atoms with Crippen molar-refractivity contribution in [2.75, 3.05) is 24.5 Å². The van der Waals surface area contributed by atoms with E-state index in [-0.39, 0.29) is 13.4 Å². The third-order valence-electron chi connectivity index (χ3n) is 18.8. The zero-order valence-corrected chi connectivity index (χ0v) is 51.9. The average Bonchev–Trinajstić information content (AvgIpc) is 0.697. The van der Waals surface area contributed by atoms with Crippen molar-refractivity contribution in [1.29, 1.82) is 0 Å². The number of anilines is 15. The summed E-state index contributed by atoms with van der Waals surface area (Å²) in [6.45, 7) is 19.3. The van der Waals surface area contributed by atoms with Crippen molar-refractivity contribution in [3.63, 3.8) is 0 Å². The van der Waals surface area contributed by atoms with Crippen LogP contribution in [-0.2, 0) is 0 Å². The summed E-state index contributed by atoms with van der Waals surface area (Å²) in [5, 5.41) is 0. The Balaban J connectivity index is 0.995. The monoisotopic (exact) mass is 1150 g/mol. The lowest BCUT2D eigenvalue weighted by Gasteiger charge is -2.46. The summed E-state index contributed by atoms with van der Waals surface area (Å²) in [6.07, 6.45) is 0. The molecule has 89 heavy (non-hydrogen) atoms. The van der Waals surface area contributed by atoms with Crippen molar-refractivity contribution in [3.05, 3.63) is 293 Å². The molecule has 0 saturated carbocycles. The number of hydrogen-bond acceptors (Lipinski definition) is 6. The second-order valence-corrected chi connectivity index (χ2v) is 25.3. The third kappa shape index (κ3) is 9.02. The molecule has 16 rings (SSSR count). The van der Waals surface area contributed by atoms with Crippen LogP contribution in [0, 0.1) is 62.3 Å². The van der Waals surface area contributed by atoms with Crippen molar-refractivity contribution in [2.24, 2.45) is 0 Å². The van der Waals surface area contributed by atoms with Crippen LogP contribution in [0.5, 0.6) is 11.5 Å². The predicted molar refractivity (Wildman–Crippen MR) is 378 cm³/mol. The fraction of sp³-hybridized carbons (Fsp3) is 0.111. The van der Waals surface area contributed by atoms with Gasteiger partial charge in [-0.1, -0.05) is 165 Å². The number of ether oxygens (including phenoxy) is 1. The highest BCUT2D eigenvalue weighted by molar-refractivity contribution is 7.02. The van der Waals surface area contributed by atoms with Crippen LogP contribution in [0.15, 0.2) is 243 Å². The van der Waals surface area contributed by atoms with Crippen molar-refractivity contribution in [1.82, 2.24) is 0 Å². The molecule has 428 valence electrons. The minimum Gasteiger partial charge on any atom is -0.458 e. The van der Waals surface area contributed by atoms with E-state index < -0.39 is 0 Å². The Morgan fingerprint density at radius 3 is 0.921 bits per heavy atom. The molecular formula is C81H67B2N5O. The first-order chi connectivity index (χ1) is 43.3. The largest absolute Gasteiger partial charge is 0.458 e. The van der Waals surface area contributed by atoms with Crippen LogP contribution in [0.1, 0.15) is 50.1 Å². The molecule has 12 aromatic carbocycles. The second kappa shape index (κ2) is 20.9. The SMILES string of the molecule is Cc1ccc(N(c2ccc(C)cc2)c2cc3c4c(c2)N(c2ccc(C)cc2)c2ccc(C)cc2B4c2cc4c(cc2O3)N(c2ccc(C)cc2)c2cc(N(c3ccc(C)cc3)c3ccc(C)cc3)cc3c2B4c2cc(C)ccc2N3c2ccc(C)cc2)cc1. The molecule has 0 N–H and O–H groups in total. The van der Waals surface area contributed by atoms with Crippen molar-refractivity contribution < 1.29 is 4.74 Å². The van der Waals surface area contributed by atoms with Crippen molar-refractivity contribution >= 4 is 132 Å². The first-order valence-corrected chi connectivity index (χ1v) is 31.2. The molecule has 4 heterocycles. The van der Waals surface area contributed by atoms with E-state index in [9.17, 15) is 0 Å². The molecule has 0 radical (unpaired) electrons. The normalized spacial score (nSPS) is 13.0. The molecule has 8 heteroatoms. The first kappa shape index (κ1) is 54.0. The van der Waals surface area contributed by atoms with Gasteiger partial charge in [0.05, 0.1) is 11.4 Å². The van der Waals surface area contributed by atoms with E-state index in [4.69, 9.17) is 4.74 Å². The average molecular weight is 1150 g/mol. The number of nitrogens with zero attached hydrogens (tertiary/aromatic N) is 5. The Hall–Kier alpha value is -10.4. The summed E-state index contributed by atoms with van der Waals surface area (Å²) < 4.78 is 7.81. The summed E-state index contributed by atoms with van der Waals surface area (Å²) in [7, 11) is 0. The topological polar surface area (TPSA) is 25.4 Å². The molecule has 0 atom stereocenters. The van der Waals surface area contributed by atoms with E-state index in [1.54, 1.807) is 0 Å². The number of benzene rings is 12. The molecular weight excluding hydrogens is 1080 g/mol. The number of hydrogen-bond donors (Lipinski definition) is 0. The predicted octanol–water partition coefficient (Wildman–Crippen LogP) is 17.9. The van der Waals surface area contributed by atoms with Crippen LogP contribution in [0.2, 0.25) is 0 Å². The van der Waals surface area contributed by atoms with E-state index in [0.717, 1.165) is 102 Å². The number of rotatable bonds is 9. The maximum absolute atomic E-state index is 7.81. The molecule has 0 spiro atoms. The van der Waals surface area contributed by atoms with Gasteiger partial charge < -0.3 is 29.2 Å². The fourth-order valence-corrected chi connectivity index (χ4v) is 14.3. The third-order valence-corrected chi connectivity index (χ3v) is 18.8. The molecule has 0 amide bonds. The minimum absolute atomic E-state index is 0.162. The maximum atomic E-state index is 7.81. The molecule has 4 aliphatic heterocycles. The highest BCUT2D eigenvalue weighted by atomic mass is 16.5. The van der Waals surface area contributed by atoms with Crippen LogP contribution in [0.4, 0.5) is 85.3 Å². The zero-order valence-electron chi connectivity index (χ0n) is 51.9. The van der Waals surface area contributed by atoms with Crippen LogP contribution in [0.25, 0.3) is 0 Å². The summed E-state index contributed by atoms with van der Waals surface area (Å²) in [6, 6.07) is 91.7. The van der Waals surface area contributed by atoms with Crippen LogP contribution >= 0.6 is 0 Å². The fourth-order valence-electron chi connectivity index (χ4n) is 14.3. The lowest BCUT2D eigenvalue weighted by Crippen LogP contribution is -2.64. The standard InChI is InChI=1S/C81H67B2N5O/c1-50-10-26-59(27-11-50)84(60-28-12-51(2)13-29-60)66-44-75-80-76(45-66)88(65-38-22-56(7)23-39-65)74-49-78-71(48-70(74)82(80)68-42-57(8)24-40-72(68)86(75)63-34-18-54(5)19-35-63)83-69-43-58(9)25-41-73(69)87(64-36-20-55(6)21-37-64)77-46-67(47-79(89-78)81(77)83)85(61-30-14-52(3)15-31-61)62-32-16-53(4)17-33-62/h10-49H,1-9H3. The van der Waals surface area contributed by atoms with Gasteiger partial charge in [-0.2, -0.15) is 0 Å². The highest BCUT2D eigenvalue weighted by Crippen LogP contribution is 2.51. The van der Waals surface area contributed by atoms with Gasteiger partial charge in [0.15, 0.2) is 0 Å². The summed E-state index contributed by atoms with van der Waals surface area (Å²) in [5.74, 6) is 1.68. The van der Waals surface area contributed by atoms with Gasteiger partial charge in [0.25, 0.3) is 13.4 Å². The Morgan fingerprint density at radius 2 is 0.539 bits per heavy atom. The van der Waals surface area contributed by atoms with Crippen LogP contribution in [0.3, 0.4) is 0 Å². The van der Waals surface area contributed by atoms with Gasteiger partial charge in [-0.25, -0.2) is 0 Å². The van der Waals surface area contributed by atoms with Gasteiger partial charge in [-0.3, -0.25) is 0 Å². The Kier molecular flexibility index (Phi) is 12.7. The zero-order chi connectivity index (χ0) is 60.5.